The van der Waals surface area contributed by atoms with E-state index in [0.29, 0.717) is 22.4 Å². The fourth-order valence-corrected chi connectivity index (χ4v) is 4.69. The van der Waals surface area contributed by atoms with E-state index in [2.05, 4.69) is 29.7 Å². The molecule has 3 aromatic heterocycles. The minimum Gasteiger partial charge on any atom is -0.437 e. The number of pyridine rings is 2. The van der Waals surface area contributed by atoms with Gasteiger partial charge in [0.05, 0.1) is 11.1 Å². The fourth-order valence-electron chi connectivity index (χ4n) is 4.69. The molecule has 0 bridgehead atoms. The zero-order valence-corrected chi connectivity index (χ0v) is 17.7. The zero-order valence-electron chi connectivity index (χ0n) is 20.7. The molecule has 0 unspecified atom stereocenters. The van der Waals surface area contributed by atoms with Gasteiger partial charge in [0, 0.05) is 37.8 Å². The number of aromatic nitrogens is 2. The number of benzene rings is 3. The van der Waals surface area contributed by atoms with Gasteiger partial charge >= 0.3 is 0 Å². The first-order valence-electron chi connectivity index (χ1n) is 11.9. The summed E-state index contributed by atoms with van der Waals surface area (Å²) in [6, 6.07) is 22.0. The van der Waals surface area contributed by atoms with E-state index in [-0.39, 0.29) is 0 Å². The first-order valence-corrected chi connectivity index (χ1v) is 10.4. The maximum absolute atomic E-state index is 8.25. The SMILES string of the molecule is [2H]C([2H])([2H])c1cc2c(oc3nc4ccccc4cc32)c(-c2cc(C)c3ccccc3[n+]2C)c1C. The highest BCUT2D eigenvalue weighted by atomic mass is 16.3. The highest BCUT2D eigenvalue weighted by molar-refractivity contribution is 6.11. The van der Waals surface area contributed by atoms with Crippen molar-refractivity contribution in [3.8, 4) is 11.3 Å². The maximum atomic E-state index is 8.25. The summed E-state index contributed by atoms with van der Waals surface area (Å²) in [5, 5.41) is 3.74. The molecule has 0 saturated carbocycles. The molecule has 0 amide bonds. The molecule has 31 heavy (non-hydrogen) atoms. The van der Waals surface area contributed by atoms with Gasteiger partial charge in [-0.25, -0.2) is 4.98 Å². The molecule has 3 heteroatoms. The Hall–Kier alpha value is -3.72. The summed E-state index contributed by atoms with van der Waals surface area (Å²) in [7, 11) is 2.01. The lowest BCUT2D eigenvalue weighted by Crippen LogP contribution is -2.32. The van der Waals surface area contributed by atoms with Crippen molar-refractivity contribution in [2.75, 3.05) is 0 Å². The molecular weight excluding hydrogens is 380 g/mol. The highest BCUT2D eigenvalue weighted by Crippen LogP contribution is 2.39. The number of rotatable bonds is 1. The van der Waals surface area contributed by atoms with Crippen molar-refractivity contribution >= 4 is 43.9 Å². The highest BCUT2D eigenvalue weighted by Gasteiger charge is 2.24. The van der Waals surface area contributed by atoms with Gasteiger partial charge in [0.15, 0.2) is 5.58 Å². The summed E-state index contributed by atoms with van der Waals surface area (Å²) >= 11 is 0. The van der Waals surface area contributed by atoms with Crippen molar-refractivity contribution < 1.29 is 13.1 Å². The van der Waals surface area contributed by atoms with Crippen LogP contribution in [0, 0.1) is 20.7 Å². The second-order valence-corrected chi connectivity index (χ2v) is 8.23. The molecule has 0 aliphatic rings. The Kier molecular flexibility index (Phi) is 3.12. The van der Waals surface area contributed by atoms with Crippen LogP contribution in [0.1, 0.15) is 20.8 Å². The van der Waals surface area contributed by atoms with Crippen LogP contribution in [0.5, 0.6) is 0 Å². The quantitative estimate of drug-likeness (QED) is 0.284. The lowest BCUT2D eigenvalue weighted by molar-refractivity contribution is -0.633. The van der Waals surface area contributed by atoms with Gasteiger partial charge < -0.3 is 4.42 Å². The predicted octanol–water partition coefficient (Wildman–Crippen LogP) is 6.70. The number of aryl methyl sites for hydroxylation is 3. The topological polar surface area (TPSA) is 29.9 Å². The van der Waals surface area contributed by atoms with Gasteiger partial charge in [-0.1, -0.05) is 30.3 Å². The molecular formula is C28H23N2O+. The van der Waals surface area contributed by atoms with Crippen molar-refractivity contribution in [2.45, 2.75) is 20.7 Å². The number of hydrogen-bond donors (Lipinski definition) is 0. The summed E-state index contributed by atoms with van der Waals surface area (Å²) in [5.74, 6) is 0. The third-order valence-electron chi connectivity index (χ3n) is 6.38. The summed E-state index contributed by atoms with van der Waals surface area (Å²) in [4.78, 5) is 4.75. The van der Waals surface area contributed by atoms with Gasteiger partial charge in [0.1, 0.15) is 7.05 Å². The zero-order chi connectivity index (χ0) is 23.8. The van der Waals surface area contributed by atoms with Crippen LogP contribution in [-0.2, 0) is 7.05 Å². The van der Waals surface area contributed by atoms with Gasteiger partial charge in [0.25, 0.3) is 0 Å². The molecule has 0 N–H and O–H groups in total. The second-order valence-electron chi connectivity index (χ2n) is 8.23. The molecule has 150 valence electrons. The van der Waals surface area contributed by atoms with E-state index in [1.807, 2.05) is 56.4 Å². The first kappa shape index (κ1) is 15.1. The largest absolute Gasteiger partial charge is 0.437 e. The number of hydrogen-bond acceptors (Lipinski definition) is 2. The van der Waals surface area contributed by atoms with Crippen LogP contribution in [-0.4, -0.2) is 4.98 Å². The molecule has 0 radical (unpaired) electrons. The van der Waals surface area contributed by atoms with Crippen LogP contribution < -0.4 is 4.57 Å². The molecule has 3 heterocycles. The van der Waals surface area contributed by atoms with Gasteiger partial charge in [0.2, 0.25) is 16.9 Å². The lowest BCUT2D eigenvalue weighted by Gasteiger charge is -2.11. The molecule has 0 aliphatic carbocycles. The normalized spacial score (nSPS) is 13.7. The van der Waals surface area contributed by atoms with Crippen LogP contribution in [0.25, 0.3) is 55.1 Å². The molecule has 0 aliphatic heterocycles. The molecule has 3 aromatic carbocycles. The first-order chi connectivity index (χ1) is 16.2. The monoisotopic (exact) mass is 406 g/mol. The Balaban J connectivity index is 1.81. The maximum Gasteiger partial charge on any atom is 0.227 e. The molecule has 6 aromatic rings. The average Bonchev–Trinajstić information content (AvgIpc) is 3.16. The Morgan fingerprint density at radius 3 is 2.55 bits per heavy atom. The molecule has 0 atom stereocenters. The van der Waals surface area contributed by atoms with E-state index in [1.54, 1.807) is 6.07 Å². The van der Waals surface area contributed by atoms with Gasteiger partial charge in [-0.15, -0.1) is 0 Å². The molecule has 3 nitrogen and oxygen atoms in total. The van der Waals surface area contributed by atoms with E-state index in [9.17, 15) is 0 Å². The average molecular weight is 407 g/mol. The summed E-state index contributed by atoms with van der Waals surface area (Å²) in [6.45, 7) is 1.70. The van der Waals surface area contributed by atoms with Crippen LogP contribution in [0.15, 0.2) is 71.1 Å². The van der Waals surface area contributed by atoms with Crippen molar-refractivity contribution in [2.24, 2.45) is 7.05 Å². The van der Waals surface area contributed by atoms with Gasteiger partial charge in [-0.05, 0) is 61.7 Å². The van der Waals surface area contributed by atoms with Crippen molar-refractivity contribution in [1.29, 1.82) is 0 Å². The van der Waals surface area contributed by atoms with Crippen LogP contribution >= 0.6 is 0 Å². The molecule has 0 saturated heterocycles. The molecule has 6 rings (SSSR count). The Morgan fingerprint density at radius 2 is 1.68 bits per heavy atom. The van der Waals surface area contributed by atoms with Crippen LogP contribution in [0.4, 0.5) is 0 Å². The number of para-hydroxylation sites is 2. The van der Waals surface area contributed by atoms with Crippen molar-refractivity contribution in [3.63, 3.8) is 0 Å². The Labute approximate surface area is 184 Å². The third-order valence-corrected chi connectivity index (χ3v) is 6.38. The standard InChI is InChI=1S/C28H23N2O/c1-16-13-21-22-15-19-9-5-7-11-23(19)29-28(22)31-27(21)26(18(16)3)25-14-17(2)20-10-6-8-12-24(20)30(25)4/h5-15H,1-4H3/q+1/i1D3. The van der Waals surface area contributed by atoms with E-state index in [0.717, 1.165) is 49.4 Å². The Morgan fingerprint density at radius 1 is 0.871 bits per heavy atom. The van der Waals surface area contributed by atoms with Crippen molar-refractivity contribution in [1.82, 2.24) is 4.98 Å². The van der Waals surface area contributed by atoms with Crippen molar-refractivity contribution in [3.05, 3.63) is 83.4 Å². The molecule has 0 fully saturated rings. The van der Waals surface area contributed by atoms with E-state index < -0.39 is 6.85 Å². The van der Waals surface area contributed by atoms with Gasteiger partial charge in [-0.2, -0.15) is 4.57 Å². The molecule has 0 spiro atoms. The summed E-state index contributed by atoms with van der Waals surface area (Å²) in [6.07, 6.45) is 0. The number of furan rings is 1. The summed E-state index contributed by atoms with van der Waals surface area (Å²) < 4.78 is 33.3. The Bertz CT molecular complexity index is 1780. The van der Waals surface area contributed by atoms with E-state index in [4.69, 9.17) is 13.5 Å². The fraction of sp³-hybridized carbons (Fsp3) is 0.143. The van der Waals surface area contributed by atoms with Crippen LogP contribution in [0.2, 0.25) is 0 Å². The lowest BCUT2D eigenvalue weighted by atomic mass is 9.95. The van der Waals surface area contributed by atoms with Crippen LogP contribution in [0.3, 0.4) is 0 Å². The van der Waals surface area contributed by atoms with E-state index >= 15 is 0 Å². The number of nitrogens with zero attached hydrogens (tertiary/aromatic N) is 2. The number of fused-ring (bicyclic) bond motifs is 5. The van der Waals surface area contributed by atoms with Gasteiger partial charge in [-0.3, -0.25) is 0 Å². The third kappa shape index (κ3) is 2.53. The summed E-state index contributed by atoms with van der Waals surface area (Å²) in [5.41, 5.74) is 6.94. The predicted molar refractivity (Wildman–Crippen MR) is 127 cm³/mol. The minimum absolute atomic E-state index is 0.330. The smallest absolute Gasteiger partial charge is 0.227 e. The minimum atomic E-state index is -2.26. The van der Waals surface area contributed by atoms with E-state index in [1.165, 1.54) is 0 Å². The second kappa shape index (κ2) is 6.39.